The predicted molar refractivity (Wildman–Crippen MR) is 160 cm³/mol. The molecule has 8 atom stereocenters. The minimum Gasteiger partial charge on any atom is -0.379 e. The van der Waals surface area contributed by atoms with E-state index < -0.39 is 0 Å². The Morgan fingerprint density at radius 2 is 1.48 bits per heavy atom. The fourth-order valence-corrected chi connectivity index (χ4v) is 11.3. The highest BCUT2D eigenvalue weighted by atomic mass is 16.6. The van der Waals surface area contributed by atoms with Gasteiger partial charge >= 0.3 is 0 Å². The second-order valence-corrected chi connectivity index (χ2v) is 15.4. The Morgan fingerprint density at radius 1 is 0.800 bits per heavy atom. The number of hydrogen-bond donors (Lipinski definition) is 0. The van der Waals surface area contributed by atoms with E-state index in [2.05, 4.69) is 38.7 Å². The monoisotopic (exact) mass is 557 g/mol. The molecule has 7 rings (SSSR count). The lowest BCUT2D eigenvalue weighted by Crippen LogP contribution is -2.65. The highest BCUT2D eigenvalue weighted by molar-refractivity contribution is 5.31. The van der Waals surface area contributed by atoms with Gasteiger partial charge in [0, 0.05) is 6.54 Å². The van der Waals surface area contributed by atoms with Crippen molar-refractivity contribution in [2.75, 3.05) is 72.5 Å². The van der Waals surface area contributed by atoms with Crippen molar-refractivity contribution in [3.63, 3.8) is 0 Å². The Kier molecular flexibility index (Phi) is 9.08. The molecule has 228 valence electrons. The van der Waals surface area contributed by atoms with Gasteiger partial charge in [-0.1, -0.05) is 52.2 Å². The van der Waals surface area contributed by atoms with E-state index >= 15 is 0 Å². The van der Waals surface area contributed by atoms with Crippen LogP contribution < -0.4 is 0 Å². The Labute approximate surface area is 245 Å². The number of hydrogen-bond acceptors (Lipinski definition) is 5. The molecule has 2 bridgehead atoms. The average Bonchev–Trinajstić information content (AvgIpc) is 2.94. The van der Waals surface area contributed by atoms with Crippen molar-refractivity contribution in [3.05, 3.63) is 11.6 Å². The zero-order chi connectivity index (χ0) is 27.8. The van der Waals surface area contributed by atoms with Crippen LogP contribution in [0.15, 0.2) is 11.6 Å². The number of piperidine rings is 1. The summed E-state index contributed by atoms with van der Waals surface area (Å²) in [6.45, 7) is 20.0. The smallest absolute Gasteiger partial charge is 0.0701 e. The number of likely N-dealkylation sites (tertiary alicyclic amines) is 1. The standard InChI is InChI=1S/C35H59NO4/c1-26(2)28-22-35-12-9-31-33(3,25-36-13-6-5-7-14-36)10-8-11-34(31,4)32(35)21-27(28)29-23-39-19-17-37-15-16-38-18-20-40-24-30(29)35/h22,26-27,29-32H,5-21,23-25H2,1-4H3/t27-,29-,30-,31+,32-,33+,34+,35+/m1/s1. The summed E-state index contributed by atoms with van der Waals surface area (Å²) < 4.78 is 24.4. The van der Waals surface area contributed by atoms with Crippen molar-refractivity contribution < 1.29 is 18.9 Å². The molecular formula is C35H59NO4. The fraction of sp³-hybridized carbons (Fsp3) is 0.943. The molecule has 0 unspecified atom stereocenters. The molecule has 0 aromatic carbocycles. The number of ether oxygens (including phenoxy) is 4. The SMILES string of the molecule is CC(C)C1=C[C@]23CC[C@H]4[C@](C)(CN5CCCCC5)CCC[C@]4(C)[C@H]2C[C@H]1[C@H]1COCCOCCOCCOC[C@H]13. The summed E-state index contributed by atoms with van der Waals surface area (Å²) in [6.07, 6.45) is 15.4. The molecule has 2 saturated heterocycles. The van der Waals surface area contributed by atoms with Crippen LogP contribution in [-0.4, -0.2) is 77.4 Å². The van der Waals surface area contributed by atoms with Crippen LogP contribution in [0.1, 0.15) is 85.5 Å². The van der Waals surface area contributed by atoms with E-state index in [1.807, 2.05) is 0 Å². The van der Waals surface area contributed by atoms with Gasteiger partial charge in [-0.3, -0.25) is 0 Å². The predicted octanol–water partition coefficient (Wildman–Crippen LogP) is 6.61. The molecule has 1 spiro atoms. The van der Waals surface area contributed by atoms with Gasteiger partial charge in [-0.15, -0.1) is 0 Å². The maximum absolute atomic E-state index is 6.49. The Bertz CT molecular complexity index is 885. The molecule has 0 radical (unpaired) electrons. The number of allylic oxidation sites excluding steroid dienone is 2. The van der Waals surface area contributed by atoms with Crippen LogP contribution in [0.25, 0.3) is 0 Å². The molecule has 5 fully saturated rings. The van der Waals surface area contributed by atoms with Crippen molar-refractivity contribution in [3.8, 4) is 0 Å². The lowest BCUT2D eigenvalue weighted by atomic mass is 9.34. The van der Waals surface area contributed by atoms with Gasteiger partial charge in [0.2, 0.25) is 0 Å². The second kappa shape index (κ2) is 12.3. The molecule has 2 aliphatic heterocycles. The Morgan fingerprint density at radius 3 is 2.17 bits per heavy atom. The number of rotatable bonds is 3. The van der Waals surface area contributed by atoms with Gasteiger partial charge in [0.15, 0.2) is 0 Å². The molecule has 5 heteroatoms. The molecule has 0 N–H and O–H groups in total. The molecule has 2 heterocycles. The zero-order valence-electron chi connectivity index (χ0n) is 26.3. The highest BCUT2D eigenvalue weighted by Crippen LogP contribution is 2.73. The summed E-state index contributed by atoms with van der Waals surface area (Å²) in [5, 5.41) is 0. The second-order valence-electron chi connectivity index (χ2n) is 15.4. The quantitative estimate of drug-likeness (QED) is 0.365. The van der Waals surface area contributed by atoms with Crippen LogP contribution in [0.3, 0.4) is 0 Å². The van der Waals surface area contributed by atoms with E-state index in [0.29, 0.717) is 74.1 Å². The van der Waals surface area contributed by atoms with Gasteiger partial charge in [0.25, 0.3) is 0 Å². The molecule has 5 aliphatic carbocycles. The first-order valence-corrected chi connectivity index (χ1v) is 17.1. The third-order valence-electron chi connectivity index (χ3n) is 12.9. The Hall–Kier alpha value is -0.460. The summed E-state index contributed by atoms with van der Waals surface area (Å²) >= 11 is 0. The van der Waals surface area contributed by atoms with E-state index in [4.69, 9.17) is 18.9 Å². The van der Waals surface area contributed by atoms with E-state index in [0.717, 1.165) is 25.0 Å². The van der Waals surface area contributed by atoms with Crippen molar-refractivity contribution in [2.45, 2.75) is 85.5 Å². The zero-order valence-corrected chi connectivity index (χ0v) is 26.3. The van der Waals surface area contributed by atoms with Crippen LogP contribution in [-0.2, 0) is 18.9 Å². The highest BCUT2D eigenvalue weighted by Gasteiger charge is 2.67. The molecule has 3 saturated carbocycles. The van der Waals surface area contributed by atoms with Gasteiger partial charge in [0.1, 0.15) is 0 Å². The van der Waals surface area contributed by atoms with Crippen LogP contribution in [0, 0.1) is 51.8 Å². The molecule has 0 aromatic heterocycles. The maximum Gasteiger partial charge on any atom is 0.0701 e. The maximum atomic E-state index is 6.49. The van der Waals surface area contributed by atoms with E-state index in [9.17, 15) is 0 Å². The number of nitrogens with zero attached hydrogens (tertiary/aromatic N) is 1. The van der Waals surface area contributed by atoms with Crippen molar-refractivity contribution in [1.29, 1.82) is 0 Å². The van der Waals surface area contributed by atoms with Gasteiger partial charge < -0.3 is 23.8 Å². The third kappa shape index (κ3) is 5.38. The average molecular weight is 558 g/mol. The van der Waals surface area contributed by atoms with Gasteiger partial charge in [-0.25, -0.2) is 0 Å². The minimum absolute atomic E-state index is 0.241. The molecular weight excluding hydrogens is 498 g/mol. The molecule has 7 aliphatic rings. The fourth-order valence-electron chi connectivity index (χ4n) is 11.3. The van der Waals surface area contributed by atoms with Crippen molar-refractivity contribution in [1.82, 2.24) is 4.90 Å². The number of fused-ring (bicyclic) bond motifs is 1. The van der Waals surface area contributed by atoms with Gasteiger partial charge in [0.05, 0.1) is 52.9 Å². The summed E-state index contributed by atoms with van der Waals surface area (Å²) in [7, 11) is 0. The van der Waals surface area contributed by atoms with Crippen molar-refractivity contribution in [2.24, 2.45) is 51.8 Å². The lowest BCUT2D eigenvalue weighted by Gasteiger charge is -2.70. The molecule has 0 aromatic rings. The van der Waals surface area contributed by atoms with Crippen LogP contribution in [0.2, 0.25) is 0 Å². The molecule has 40 heavy (non-hydrogen) atoms. The summed E-state index contributed by atoms with van der Waals surface area (Å²) in [6, 6.07) is 0. The lowest BCUT2D eigenvalue weighted by molar-refractivity contribution is -0.203. The summed E-state index contributed by atoms with van der Waals surface area (Å²) in [5.74, 6) is 3.91. The van der Waals surface area contributed by atoms with Crippen LogP contribution >= 0.6 is 0 Å². The first-order valence-electron chi connectivity index (χ1n) is 17.1. The first kappa shape index (κ1) is 29.6. The van der Waals surface area contributed by atoms with E-state index in [-0.39, 0.29) is 5.41 Å². The van der Waals surface area contributed by atoms with Crippen LogP contribution in [0.5, 0.6) is 0 Å². The normalized spacial score (nSPS) is 45.6. The summed E-state index contributed by atoms with van der Waals surface area (Å²) in [5.41, 5.74) is 2.84. The first-order chi connectivity index (χ1) is 19.4. The summed E-state index contributed by atoms with van der Waals surface area (Å²) in [4.78, 5) is 2.84. The van der Waals surface area contributed by atoms with Crippen molar-refractivity contribution >= 4 is 0 Å². The molecule has 5 nitrogen and oxygen atoms in total. The topological polar surface area (TPSA) is 40.2 Å². The van der Waals surface area contributed by atoms with Gasteiger partial charge in [-0.2, -0.15) is 0 Å². The Balaban J connectivity index is 1.31. The third-order valence-corrected chi connectivity index (χ3v) is 12.9. The van der Waals surface area contributed by atoms with E-state index in [1.165, 1.54) is 77.4 Å². The van der Waals surface area contributed by atoms with Gasteiger partial charge in [-0.05, 0) is 110 Å². The van der Waals surface area contributed by atoms with E-state index in [1.54, 1.807) is 5.57 Å². The molecule has 0 amide bonds. The minimum atomic E-state index is 0.241. The largest absolute Gasteiger partial charge is 0.379 e. The van der Waals surface area contributed by atoms with Crippen LogP contribution in [0.4, 0.5) is 0 Å².